The van der Waals surface area contributed by atoms with Gasteiger partial charge in [-0.2, -0.15) is 0 Å². The number of aromatic nitrogens is 2. The first-order valence-electron chi connectivity index (χ1n) is 11.2. The van der Waals surface area contributed by atoms with E-state index in [0.29, 0.717) is 66.8 Å². The van der Waals surface area contributed by atoms with Gasteiger partial charge in [0.1, 0.15) is 17.2 Å². The number of aromatic amines is 1. The molecule has 186 valence electrons. The van der Waals surface area contributed by atoms with E-state index < -0.39 is 22.8 Å². The molecule has 1 atom stereocenters. The molecule has 1 unspecified atom stereocenters. The van der Waals surface area contributed by atoms with Crippen LogP contribution in [0.25, 0.3) is 11.4 Å². The highest BCUT2D eigenvalue weighted by Gasteiger charge is 2.34. The van der Waals surface area contributed by atoms with Crippen molar-refractivity contribution in [1.82, 2.24) is 9.97 Å². The molecule has 1 aliphatic heterocycles. The van der Waals surface area contributed by atoms with Crippen LogP contribution in [0.2, 0.25) is 0 Å². The molecule has 3 heterocycles. The van der Waals surface area contributed by atoms with Gasteiger partial charge in [0.25, 0.3) is 5.56 Å². The van der Waals surface area contributed by atoms with E-state index in [1.54, 1.807) is 20.3 Å². The number of aromatic hydroxyl groups is 1. The van der Waals surface area contributed by atoms with Crippen LogP contribution < -0.4 is 15.0 Å². The zero-order chi connectivity index (χ0) is 24.8. The van der Waals surface area contributed by atoms with E-state index >= 15 is 0 Å². The zero-order valence-electron chi connectivity index (χ0n) is 20.2. The van der Waals surface area contributed by atoms with Gasteiger partial charge in [0.2, 0.25) is 0 Å². The molecule has 10 nitrogen and oxygen atoms in total. The lowest BCUT2D eigenvalue weighted by Gasteiger charge is -2.22. The van der Waals surface area contributed by atoms with Gasteiger partial charge in [-0.1, -0.05) is 13.8 Å². The van der Waals surface area contributed by atoms with Gasteiger partial charge < -0.3 is 33.8 Å². The fourth-order valence-electron chi connectivity index (χ4n) is 3.93. The maximum atomic E-state index is 12.8. The molecule has 3 rings (SSSR count). The molecule has 2 aromatic heterocycles. The summed E-state index contributed by atoms with van der Waals surface area (Å²) >= 11 is 0. The van der Waals surface area contributed by atoms with Crippen molar-refractivity contribution < 1.29 is 33.6 Å². The number of rotatable bonds is 10. The highest BCUT2D eigenvalue weighted by molar-refractivity contribution is 5.93. The second-order valence-corrected chi connectivity index (χ2v) is 8.34. The number of carbonyl (C=O) groups excluding carboxylic acids is 1. The normalized spacial score (nSPS) is 14.7. The number of nitrogens with zero attached hydrogens (tertiary/aromatic N) is 1. The quantitative estimate of drug-likeness (QED) is 0.393. The van der Waals surface area contributed by atoms with Gasteiger partial charge in [0, 0.05) is 51.2 Å². The van der Waals surface area contributed by atoms with Crippen molar-refractivity contribution in [3.8, 4) is 28.6 Å². The molecule has 0 bridgehead atoms. The van der Waals surface area contributed by atoms with Crippen LogP contribution in [0, 0.1) is 5.92 Å². The number of methoxy groups -OCH3 is 3. The Labute approximate surface area is 198 Å². The Balaban J connectivity index is 2.20. The Hall–Kier alpha value is -3.11. The topological polar surface area (TPSA) is 129 Å². The van der Waals surface area contributed by atoms with Crippen molar-refractivity contribution in [2.75, 3.05) is 47.8 Å². The van der Waals surface area contributed by atoms with Crippen LogP contribution in [0.4, 0.5) is 0 Å². The molecule has 0 spiro atoms. The molecular formula is C24H32N2O8. The first-order valence-corrected chi connectivity index (χ1v) is 11.2. The van der Waals surface area contributed by atoms with Gasteiger partial charge in [0.15, 0.2) is 11.3 Å². The lowest BCUT2D eigenvalue weighted by atomic mass is 9.86. The smallest absolute Gasteiger partial charge is 0.347 e. The van der Waals surface area contributed by atoms with Gasteiger partial charge in [-0.25, -0.2) is 9.78 Å². The van der Waals surface area contributed by atoms with E-state index in [9.17, 15) is 14.7 Å². The van der Waals surface area contributed by atoms with Crippen LogP contribution in [0.3, 0.4) is 0 Å². The summed E-state index contributed by atoms with van der Waals surface area (Å²) in [6.07, 6.45) is 1.16. The predicted octanol–water partition coefficient (Wildman–Crippen LogP) is 2.67. The second kappa shape index (κ2) is 11.3. The number of hydrogen-bond donors (Lipinski definition) is 2. The highest BCUT2D eigenvalue weighted by Crippen LogP contribution is 2.45. The van der Waals surface area contributed by atoms with Crippen LogP contribution in [0.5, 0.6) is 17.2 Å². The summed E-state index contributed by atoms with van der Waals surface area (Å²) in [6.45, 7) is 5.55. The first-order chi connectivity index (χ1) is 16.3. The highest BCUT2D eigenvalue weighted by atomic mass is 16.5. The Bertz CT molecular complexity index is 1080. The summed E-state index contributed by atoms with van der Waals surface area (Å²) in [5.74, 6) is -0.669. The summed E-state index contributed by atoms with van der Waals surface area (Å²) < 4.78 is 27.1. The van der Waals surface area contributed by atoms with Gasteiger partial charge in [-0.3, -0.25) is 4.79 Å². The standard InChI is InChI=1S/C24H32N2O8/c1-13(2)14-12-34-17-11-16(33-9-6-8-30-3)15(7-10-31-4)25-20(17)21-18(14)22(27)19(23(28)26-21)24(29)32-5/h11,13-14H,6-10,12H2,1-5H3,(H2,26,27,28). The molecule has 0 saturated heterocycles. The lowest BCUT2D eigenvalue weighted by molar-refractivity contribution is 0.0594. The number of hydrogen-bond acceptors (Lipinski definition) is 9. The number of H-pyrrole nitrogens is 1. The molecule has 2 aromatic rings. The third kappa shape index (κ3) is 5.18. The van der Waals surface area contributed by atoms with Crippen LogP contribution in [-0.4, -0.2) is 68.8 Å². The van der Waals surface area contributed by atoms with E-state index in [1.807, 2.05) is 13.8 Å². The van der Waals surface area contributed by atoms with Crippen molar-refractivity contribution in [1.29, 1.82) is 0 Å². The number of pyridine rings is 2. The number of esters is 1. The van der Waals surface area contributed by atoms with Gasteiger partial charge >= 0.3 is 5.97 Å². The van der Waals surface area contributed by atoms with Crippen molar-refractivity contribution in [3.63, 3.8) is 0 Å². The molecule has 0 saturated carbocycles. The average Bonchev–Trinajstić information content (AvgIpc) is 2.97. The number of carbonyl (C=O) groups is 1. The van der Waals surface area contributed by atoms with Gasteiger partial charge in [0.05, 0.1) is 38.3 Å². The van der Waals surface area contributed by atoms with E-state index in [2.05, 4.69) is 4.98 Å². The minimum Gasteiger partial charge on any atom is -0.506 e. The maximum absolute atomic E-state index is 12.8. The summed E-state index contributed by atoms with van der Waals surface area (Å²) in [7, 11) is 4.38. The van der Waals surface area contributed by atoms with Crippen LogP contribution in [0.1, 0.15) is 47.8 Å². The molecular weight excluding hydrogens is 444 g/mol. The molecule has 0 aliphatic carbocycles. The molecule has 2 N–H and O–H groups in total. The van der Waals surface area contributed by atoms with Crippen molar-refractivity contribution in [3.05, 3.63) is 33.2 Å². The minimum absolute atomic E-state index is 0.0214. The summed E-state index contributed by atoms with van der Waals surface area (Å²) in [6, 6.07) is 1.75. The number of ether oxygens (including phenoxy) is 5. The predicted molar refractivity (Wildman–Crippen MR) is 124 cm³/mol. The molecule has 0 aromatic carbocycles. The Kier molecular flexibility index (Phi) is 8.51. The molecule has 0 radical (unpaired) electrons. The Morgan fingerprint density at radius 3 is 2.62 bits per heavy atom. The largest absolute Gasteiger partial charge is 0.506 e. The fraction of sp³-hybridized carbons (Fsp3) is 0.542. The third-order valence-corrected chi connectivity index (χ3v) is 5.77. The summed E-state index contributed by atoms with van der Waals surface area (Å²) in [4.78, 5) is 32.5. The van der Waals surface area contributed by atoms with E-state index in [0.717, 1.165) is 7.11 Å². The van der Waals surface area contributed by atoms with E-state index in [4.69, 9.17) is 28.7 Å². The Morgan fingerprint density at radius 1 is 1.24 bits per heavy atom. The van der Waals surface area contributed by atoms with Crippen LogP contribution >= 0.6 is 0 Å². The van der Waals surface area contributed by atoms with Crippen LogP contribution in [-0.2, 0) is 20.6 Å². The van der Waals surface area contributed by atoms with Crippen LogP contribution in [0.15, 0.2) is 10.9 Å². The van der Waals surface area contributed by atoms with Crippen molar-refractivity contribution >= 4 is 5.97 Å². The molecule has 10 heteroatoms. The van der Waals surface area contributed by atoms with Gasteiger partial charge in [-0.15, -0.1) is 0 Å². The number of fused-ring (bicyclic) bond motifs is 3. The monoisotopic (exact) mass is 476 g/mol. The average molecular weight is 477 g/mol. The lowest BCUT2D eigenvalue weighted by Crippen LogP contribution is -2.24. The molecule has 0 amide bonds. The number of nitrogens with one attached hydrogen (secondary N) is 1. The maximum Gasteiger partial charge on any atom is 0.347 e. The third-order valence-electron chi connectivity index (χ3n) is 5.77. The SMILES string of the molecule is COCCCOc1cc2c(nc1CCOC)-c1[nH]c(=O)c(C(=O)OC)c(O)c1C(C(C)C)CO2. The van der Waals surface area contributed by atoms with Crippen molar-refractivity contribution in [2.45, 2.75) is 32.6 Å². The van der Waals surface area contributed by atoms with E-state index in [1.165, 1.54) is 0 Å². The summed E-state index contributed by atoms with van der Waals surface area (Å²) in [5, 5.41) is 11.1. The Morgan fingerprint density at radius 2 is 1.97 bits per heavy atom. The molecule has 34 heavy (non-hydrogen) atoms. The zero-order valence-corrected chi connectivity index (χ0v) is 20.2. The summed E-state index contributed by atoms with van der Waals surface area (Å²) in [5.41, 5.74) is 0.482. The molecule has 1 aliphatic rings. The fourth-order valence-corrected chi connectivity index (χ4v) is 3.93. The molecule has 0 fully saturated rings. The van der Waals surface area contributed by atoms with Gasteiger partial charge in [-0.05, 0) is 5.92 Å². The van der Waals surface area contributed by atoms with E-state index in [-0.39, 0.29) is 18.4 Å². The van der Waals surface area contributed by atoms with Crippen molar-refractivity contribution in [2.24, 2.45) is 5.92 Å². The first kappa shape index (κ1) is 25.5. The minimum atomic E-state index is -0.914. The second-order valence-electron chi connectivity index (χ2n) is 8.34.